The Morgan fingerprint density at radius 3 is 2.24 bits per heavy atom. The lowest BCUT2D eigenvalue weighted by molar-refractivity contribution is -0.140. The number of ether oxygens (including phenoxy) is 1. The van der Waals surface area contributed by atoms with Crippen LogP contribution in [0.15, 0.2) is 53.4 Å². The summed E-state index contributed by atoms with van der Waals surface area (Å²) in [5.41, 5.74) is 1.73. The predicted octanol–water partition coefficient (Wildman–Crippen LogP) is 2.96. The van der Waals surface area contributed by atoms with Crippen LogP contribution in [-0.4, -0.2) is 62.7 Å². The summed E-state index contributed by atoms with van der Waals surface area (Å²) >= 11 is 0. The minimum atomic E-state index is -3.86. The highest BCUT2D eigenvalue weighted by molar-refractivity contribution is 7.89. The van der Waals surface area contributed by atoms with E-state index in [0.29, 0.717) is 12.3 Å². The van der Waals surface area contributed by atoms with Gasteiger partial charge in [-0.2, -0.15) is 4.31 Å². The molecule has 8 nitrogen and oxygen atoms in total. The molecule has 0 aliphatic carbocycles. The Balaban J connectivity index is 2.23. The number of carbonyl (C=O) groups is 2. The number of likely N-dealkylation sites (N-methyl/N-ethyl adjacent to an activating group) is 1. The molecule has 2 aromatic rings. The van der Waals surface area contributed by atoms with Gasteiger partial charge in [-0.3, -0.25) is 9.59 Å². The topological polar surface area (TPSA) is 96.0 Å². The quantitative estimate of drug-likeness (QED) is 0.463. The number of amides is 2. The number of hydrogen-bond acceptors (Lipinski definition) is 5. The van der Waals surface area contributed by atoms with Gasteiger partial charge in [0.15, 0.2) is 0 Å². The highest BCUT2D eigenvalue weighted by Gasteiger charge is 2.30. The Bertz CT molecular complexity index is 1050. The SMILES string of the molecule is CCCCNC(=O)[C@@H](C)N(Cc1ccc(OC)cc1)C(=O)CN(C)S(=O)(=O)c1ccc(C)cc1. The standard InChI is InChI=1S/C25H35N3O5S/c1-6-7-16-26-25(30)20(3)28(17-21-10-12-22(33-5)13-11-21)24(29)18-27(4)34(31,32)23-14-8-19(2)9-15-23/h8-15,20H,6-7,16-18H2,1-5H3,(H,26,30)/t20-/m1/s1. The van der Waals surface area contributed by atoms with Crippen molar-refractivity contribution < 1.29 is 22.7 Å². The monoisotopic (exact) mass is 489 g/mol. The van der Waals surface area contributed by atoms with Crippen molar-refractivity contribution in [3.8, 4) is 5.75 Å². The lowest BCUT2D eigenvalue weighted by atomic mass is 10.1. The third kappa shape index (κ3) is 7.30. The van der Waals surface area contributed by atoms with Crippen LogP contribution in [0.1, 0.15) is 37.8 Å². The lowest BCUT2D eigenvalue weighted by Gasteiger charge is -2.30. The summed E-state index contributed by atoms with van der Waals surface area (Å²) in [5.74, 6) is -0.0672. The molecule has 0 saturated carbocycles. The van der Waals surface area contributed by atoms with E-state index in [4.69, 9.17) is 4.74 Å². The summed E-state index contributed by atoms with van der Waals surface area (Å²) in [6.07, 6.45) is 1.77. The smallest absolute Gasteiger partial charge is 0.243 e. The van der Waals surface area contributed by atoms with Gasteiger partial charge in [0.2, 0.25) is 21.8 Å². The number of aryl methyl sites for hydroxylation is 1. The first-order valence-electron chi connectivity index (χ1n) is 11.3. The summed E-state index contributed by atoms with van der Waals surface area (Å²) in [5, 5.41) is 2.85. The fourth-order valence-electron chi connectivity index (χ4n) is 3.30. The van der Waals surface area contributed by atoms with Crippen LogP contribution < -0.4 is 10.1 Å². The van der Waals surface area contributed by atoms with Gasteiger partial charge in [0.05, 0.1) is 18.6 Å². The van der Waals surface area contributed by atoms with Gasteiger partial charge < -0.3 is 15.0 Å². The highest BCUT2D eigenvalue weighted by Crippen LogP contribution is 2.18. The number of nitrogens with one attached hydrogen (secondary N) is 1. The van der Waals surface area contributed by atoms with Gasteiger partial charge >= 0.3 is 0 Å². The van der Waals surface area contributed by atoms with Gasteiger partial charge in [0.25, 0.3) is 0 Å². The fourth-order valence-corrected chi connectivity index (χ4v) is 4.42. The van der Waals surface area contributed by atoms with Gasteiger partial charge in [-0.05, 0) is 50.1 Å². The molecule has 2 rings (SSSR count). The van der Waals surface area contributed by atoms with E-state index in [9.17, 15) is 18.0 Å². The molecular weight excluding hydrogens is 454 g/mol. The zero-order valence-electron chi connectivity index (χ0n) is 20.6. The summed E-state index contributed by atoms with van der Waals surface area (Å²) in [6, 6.07) is 12.9. The molecule has 0 fully saturated rings. The number of benzene rings is 2. The van der Waals surface area contributed by atoms with E-state index in [-0.39, 0.29) is 23.9 Å². The molecule has 0 aliphatic rings. The van der Waals surface area contributed by atoms with Crippen molar-refractivity contribution >= 4 is 21.8 Å². The maximum atomic E-state index is 13.3. The molecule has 2 aromatic carbocycles. The van der Waals surface area contributed by atoms with Crippen molar-refractivity contribution in [1.82, 2.24) is 14.5 Å². The molecule has 34 heavy (non-hydrogen) atoms. The Labute approximate surface area is 202 Å². The molecule has 1 atom stereocenters. The Morgan fingerprint density at radius 1 is 1.06 bits per heavy atom. The maximum Gasteiger partial charge on any atom is 0.243 e. The average Bonchev–Trinajstić information content (AvgIpc) is 2.82. The van der Waals surface area contributed by atoms with E-state index in [1.807, 2.05) is 26.0 Å². The van der Waals surface area contributed by atoms with Crippen molar-refractivity contribution in [3.05, 3.63) is 59.7 Å². The summed E-state index contributed by atoms with van der Waals surface area (Å²) < 4.78 is 32.1. The minimum Gasteiger partial charge on any atom is -0.497 e. The van der Waals surface area contributed by atoms with Gasteiger partial charge in [0, 0.05) is 20.1 Å². The van der Waals surface area contributed by atoms with Gasteiger partial charge in [-0.1, -0.05) is 43.2 Å². The highest BCUT2D eigenvalue weighted by atomic mass is 32.2. The van der Waals surface area contributed by atoms with Gasteiger partial charge in [-0.15, -0.1) is 0 Å². The minimum absolute atomic E-state index is 0.112. The molecular formula is C25H35N3O5S. The largest absolute Gasteiger partial charge is 0.497 e. The Morgan fingerprint density at radius 2 is 1.68 bits per heavy atom. The van der Waals surface area contributed by atoms with E-state index >= 15 is 0 Å². The molecule has 0 heterocycles. The molecule has 2 amide bonds. The number of methoxy groups -OCH3 is 1. The molecule has 0 aliphatic heterocycles. The maximum absolute atomic E-state index is 13.3. The third-order valence-electron chi connectivity index (χ3n) is 5.60. The molecule has 0 saturated heterocycles. The van der Waals surface area contributed by atoms with Crippen LogP contribution in [0.3, 0.4) is 0 Å². The van der Waals surface area contributed by atoms with Crippen LogP contribution in [0.4, 0.5) is 0 Å². The number of carbonyl (C=O) groups excluding carboxylic acids is 2. The average molecular weight is 490 g/mol. The van der Waals surface area contributed by atoms with Crippen molar-refractivity contribution in [1.29, 1.82) is 0 Å². The number of sulfonamides is 1. The molecule has 9 heteroatoms. The van der Waals surface area contributed by atoms with Crippen LogP contribution in [0.25, 0.3) is 0 Å². The predicted molar refractivity (Wildman–Crippen MR) is 132 cm³/mol. The van der Waals surface area contributed by atoms with Crippen LogP contribution in [0, 0.1) is 6.92 Å². The van der Waals surface area contributed by atoms with Crippen molar-refractivity contribution in [2.75, 3.05) is 27.2 Å². The second kappa shape index (κ2) is 12.5. The van der Waals surface area contributed by atoms with E-state index < -0.39 is 22.0 Å². The van der Waals surface area contributed by atoms with E-state index in [0.717, 1.165) is 28.3 Å². The second-order valence-corrected chi connectivity index (χ2v) is 10.3. The van der Waals surface area contributed by atoms with E-state index in [1.165, 1.54) is 24.1 Å². The Hall–Kier alpha value is -2.91. The van der Waals surface area contributed by atoms with Crippen LogP contribution in [0.2, 0.25) is 0 Å². The number of unbranched alkanes of at least 4 members (excludes halogenated alkanes) is 1. The van der Waals surface area contributed by atoms with Crippen LogP contribution in [-0.2, 0) is 26.2 Å². The molecule has 0 bridgehead atoms. The fraction of sp³-hybridized carbons (Fsp3) is 0.440. The molecule has 0 unspecified atom stereocenters. The zero-order valence-corrected chi connectivity index (χ0v) is 21.4. The Kier molecular flexibility index (Phi) is 10.1. The molecule has 0 radical (unpaired) electrons. The number of rotatable bonds is 12. The van der Waals surface area contributed by atoms with E-state index in [1.54, 1.807) is 38.3 Å². The lowest BCUT2D eigenvalue weighted by Crippen LogP contribution is -2.50. The van der Waals surface area contributed by atoms with Crippen LogP contribution in [0.5, 0.6) is 5.75 Å². The molecule has 186 valence electrons. The number of hydrogen-bond donors (Lipinski definition) is 1. The van der Waals surface area contributed by atoms with Crippen LogP contribution >= 0.6 is 0 Å². The molecule has 0 spiro atoms. The van der Waals surface area contributed by atoms with E-state index in [2.05, 4.69) is 5.32 Å². The first-order chi connectivity index (χ1) is 16.1. The summed E-state index contributed by atoms with van der Waals surface area (Å²) in [4.78, 5) is 27.6. The second-order valence-electron chi connectivity index (χ2n) is 8.26. The normalized spacial score (nSPS) is 12.3. The van der Waals surface area contributed by atoms with Crippen molar-refractivity contribution in [3.63, 3.8) is 0 Å². The molecule has 0 aromatic heterocycles. The van der Waals surface area contributed by atoms with Crippen molar-refractivity contribution in [2.45, 2.75) is 51.1 Å². The van der Waals surface area contributed by atoms with Crippen molar-refractivity contribution in [2.24, 2.45) is 0 Å². The molecule has 1 N–H and O–H groups in total. The first-order valence-corrected chi connectivity index (χ1v) is 12.8. The van der Waals surface area contributed by atoms with Gasteiger partial charge in [-0.25, -0.2) is 8.42 Å². The summed E-state index contributed by atoms with van der Waals surface area (Å²) in [6.45, 7) is 5.83. The summed E-state index contributed by atoms with van der Waals surface area (Å²) in [7, 11) is -0.928. The zero-order chi connectivity index (χ0) is 25.3. The van der Waals surface area contributed by atoms with Gasteiger partial charge in [0.1, 0.15) is 11.8 Å². The first kappa shape index (κ1) is 27.3. The third-order valence-corrected chi connectivity index (χ3v) is 7.41. The number of nitrogens with zero attached hydrogens (tertiary/aromatic N) is 2.